The Bertz CT molecular complexity index is 462. The van der Waals surface area contributed by atoms with Crippen molar-refractivity contribution in [2.75, 3.05) is 13.1 Å². The van der Waals surface area contributed by atoms with Gasteiger partial charge in [-0.15, -0.1) is 0 Å². The van der Waals surface area contributed by atoms with Gasteiger partial charge in [0.25, 0.3) is 0 Å². The van der Waals surface area contributed by atoms with E-state index in [1.54, 1.807) is 0 Å². The number of amides is 1. The Morgan fingerprint density at radius 1 is 1.50 bits per heavy atom. The van der Waals surface area contributed by atoms with Gasteiger partial charge in [0.15, 0.2) is 0 Å². The average Bonchev–Trinajstić information content (AvgIpc) is 2.85. The Kier molecular flexibility index (Phi) is 4.35. The van der Waals surface area contributed by atoms with E-state index in [1.165, 1.54) is 5.69 Å². The maximum Gasteiger partial charge on any atom is 0.410 e. The molecule has 1 aliphatic rings. The summed E-state index contributed by atoms with van der Waals surface area (Å²) in [6.07, 6.45) is 5.70. The smallest absolute Gasteiger partial charge is 0.410 e. The van der Waals surface area contributed by atoms with Gasteiger partial charge < -0.3 is 14.2 Å². The van der Waals surface area contributed by atoms with Crippen molar-refractivity contribution in [1.82, 2.24) is 14.5 Å². The molecular weight excluding hydrogens is 254 g/mol. The van der Waals surface area contributed by atoms with Crippen molar-refractivity contribution >= 4 is 6.09 Å². The Morgan fingerprint density at radius 2 is 2.25 bits per heavy atom. The molecule has 2 heterocycles. The van der Waals surface area contributed by atoms with Crippen LogP contribution in [0.25, 0.3) is 0 Å². The van der Waals surface area contributed by atoms with Crippen molar-refractivity contribution < 1.29 is 9.53 Å². The summed E-state index contributed by atoms with van der Waals surface area (Å²) in [6, 6.07) is 0. The molecule has 5 nitrogen and oxygen atoms in total. The molecule has 0 aliphatic carbocycles. The molecule has 1 saturated heterocycles. The molecule has 2 rings (SSSR count). The second-order valence-corrected chi connectivity index (χ2v) is 6.37. The molecule has 5 heteroatoms. The number of nitrogens with zero attached hydrogens (tertiary/aromatic N) is 3. The molecular formula is C15H25N3O2. The van der Waals surface area contributed by atoms with E-state index in [4.69, 9.17) is 4.74 Å². The topological polar surface area (TPSA) is 47.4 Å². The minimum atomic E-state index is -0.435. The van der Waals surface area contributed by atoms with Gasteiger partial charge in [-0.1, -0.05) is 0 Å². The first-order chi connectivity index (χ1) is 9.40. The van der Waals surface area contributed by atoms with E-state index in [0.717, 1.165) is 32.5 Å². The molecule has 1 aromatic heterocycles. The zero-order valence-electron chi connectivity index (χ0n) is 12.9. The summed E-state index contributed by atoms with van der Waals surface area (Å²) in [4.78, 5) is 18.2. The monoisotopic (exact) mass is 279 g/mol. The second-order valence-electron chi connectivity index (χ2n) is 6.37. The number of imidazole rings is 1. The zero-order chi connectivity index (χ0) is 14.8. The lowest BCUT2D eigenvalue weighted by Gasteiger charge is -2.34. The van der Waals surface area contributed by atoms with E-state index in [1.807, 2.05) is 38.2 Å². The highest BCUT2D eigenvalue weighted by Crippen LogP contribution is 2.27. The van der Waals surface area contributed by atoms with Gasteiger partial charge in [-0.25, -0.2) is 9.78 Å². The van der Waals surface area contributed by atoms with Gasteiger partial charge in [-0.3, -0.25) is 0 Å². The number of ether oxygens (including phenoxy) is 1. The van der Waals surface area contributed by atoms with Crippen molar-refractivity contribution in [3.63, 3.8) is 0 Å². The molecule has 20 heavy (non-hydrogen) atoms. The van der Waals surface area contributed by atoms with Crippen molar-refractivity contribution in [3.8, 4) is 0 Å². The number of aromatic nitrogens is 2. The first-order valence-electron chi connectivity index (χ1n) is 7.38. The van der Waals surface area contributed by atoms with Crippen LogP contribution in [0.4, 0.5) is 4.79 Å². The number of hydrogen-bond donors (Lipinski definition) is 0. The van der Waals surface area contributed by atoms with E-state index in [9.17, 15) is 4.79 Å². The number of likely N-dealkylation sites (tertiary alicyclic amines) is 1. The summed E-state index contributed by atoms with van der Waals surface area (Å²) in [5, 5.41) is 0. The number of carbonyl (C=O) groups is 1. The van der Waals surface area contributed by atoms with E-state index >= 15 is 0 Å². The number of carbonyl (C=O) groups excluding carboxylic acids is 1. The Morgan fingerprint density at radius 3 is 2.90 bits per heavy atom. The summed E-state index contributed by atoms with van der Waals surface area (Å²) in [6.45, 7) is 10.2. The SMILES string of the molecule is CCn1cncc1C1CCCN(C(=O)OC(C)(C)C)C1. The predicted octanol–water partition coefficient (Wildman–Crippen LogP) is 3.02. The van der Waals surface area contributed by atoms with Crippen LogP contribution in [0.2, 0.25) is 0 Å². The number of aryl methyl sites for hydroxylation is 1. The van der Waals surface area contributed by atoms with Crippen LogP contribution < -0.4 is 0 Å². The van der Waals surface area contributed by atoms with Crippen molar-refractivity contribution in [3.05, 3.63) is 18.2 Å². The van der Waals surface area contributed by atoms with Gasteiger partial charge >= 0.3 is 6.09 Å². The fourth-order valence-corrected chi connectivity index (χ4v) is 2.65. The van der Waals surface area contributed by atoms with Crippen LogP contribution in [-0.2, 0) is 11.3 Å². The van der Waals surface area contributed by atoms with Crippen LogP contribution in [-0.4, -0.2) is 39.2 Å². The number of piperidine rings is 1. The van der Waals surface area contributed by atoms with Crippen molar-refractivity contribution in [2.24, 2.45) is 0 Å². The van der Waals surface area contributed by atoms with Crippen LogP contribution in [0.15, 0.2) is 12.5 Å². The minimum Gasteiger partial charge on any atom is -0.444 e. The Hall–Kier alpha value is -1.52. The lowest BCUT2D eigenvalue weighted by molar-refractivity contribution is 0.0196. The first-order valence-corrected chi connectivity index (χ1v) is 7.38. The molecule has 1 unspecified atom stereocenters. The zero-order valence-corrected chi connectivity index (χ0v) is 12.9. The van der Waals surface area contributed by atoms with Gasteiger partial charge in [0.1, 0.15) is 5.60 Å². The molecule has 0 spiro atoms. The molecule has 1 aromatic rings. The van der Waals surface area contributed by atoms with Gasteiger partial charge in [0.2, 0.25) is 0 Å². The Balaban J connectivity index is 2.03. The highest BCUT2D eigenvalue weighted by atomic mass is 16.6. The van der Waals surface area contributed by atoms with Crippen LogP contribution in [0.3, 0.4) is 0 Å². The lowest BCUT2D eigenvalue weighted by Crippen LogP contribution is -2.42. The summed E-state index contributed by atoms with van der Waals surface area (Å²) in [5.41, 5.74) is 0.788. The molecule has 0 saturated carbocycles. The molecule has 0 radical (unpaired) electrons. The van der Waals surface area contributed by atoms with Gasteiger partial charge in [-0.05, 0) is 40.5 Å². The highest BCUT2D eigenvalue weighted by molar-refractivity contribution is 5.68. The molecule has 1 amide bonds. The van der Waals surface area contributed by atoms with E-state index in [2.05, 4.69) is 16.5 Å². The van der Waals surface area contributed by atoms with Crippen molar-refractivity contribution in [2.45, 2.75) is 58.6 Å². The van der Waals surface area contributed by atoms with E-state index in [-0.39, 0.29) is 6.09 Å². The summed E-state index contributed by atoms with van der Waals surface area (Å²) in [7, 11) is 0. The van der Waals surface area contributed by atoms with E-state index < -0.39 is 5.60 Å². The second kappa shape index (κ2) is 5.85. The third-order valence-corrected chi connectivity index (χ3v) is 3.58. The largest absolute Gasteiger partial charge is 0.444 e. The summed E-state index contributed by atoms with van der Waals surface area (Å²) in [5.74, 6) is 0.360. The normalized spacial score (nSPS) is 20.0. The number of hydrogen-bond acceptors (Lipinski definition) is 3. The predicted molar refractivity (Wildman–Crippen MR) is 77.7 cm³/mol. The van der Waals surface area contributed by atoms with E-state index in [0.29, 0.717) is 5.92 Å². The van der Waals surface area contributed by atoms with Gasteiger partial charge in [0.05, 0.1) is 6.33 Å². The number of rotatable bonds is 2. The third kappa shape index (κ3) is 3.52. The fourth-order valence-electron chi connectivity index (χ4n) is 2.65. The lowest BCUT2D eigenvalue weighted by atomic mass is 9.95. The summed E-state index contributed by atoms with van der Waals surface area (Å²) < 4.78 is 7.62. The molecule has 0 bridgehead atoms. The van der Waals surface area contributed by atoms with Gasteiger partial charge in [-0.2, -0.15) is 0 Å². The van der Waals surface area contributed by atoms with Crippen LogP contribution >= 0.6 is 0 Å². The maximum absolute atomic E-state index is 12.2. The highest BCUT2D eigenvalue weighted by Gasteiger charge is 2.29. The van der Waals surface area contributed by atoms with Crippen LogP contribution in [0.1, 0.15) is 52.1 Å². The molecule has 1 atom stereocenters. The minimum absolute atomic E-state index is 0.204. The molecule has 0 N–H and O–H groups in total. The third-order valence-electron chi connectivity index (χ3n) is 3.58. The first kappa shape index (κ1) is 14.9. The molecule has 1 fully saturated rings. The molecule has 112 valence electrons. The summed E-state index contributed by atoms with van der Waals surface area (Å²) >= 11 is 0. The molecule has 0 aromatic carbocycles. The maximum atomic E-state index is 12.2. The van der Waals surface area contributed by atoms with Crippen LogP contribution in [0.5, 0.6) is 0 Å². The average molecular weight is 279 g/mol. The molecule has 1 aliphatic heterocycles. The standard InChI is InChI=1S/C15H25N3O2/c1-5-17-11-16-9-13(17)12-7-6-8-18(10-12)14(19)20-15(2,3)4/h9,11-12H,5-8,10H2,1-4H3. The Labute approximate surface area is 120 Å². The fraction of sp³-hybridized carbons (Fsp3) is 0.733. The van der Waals surface area contributed by atoms with Gasteiger partial charge in [0, 0.05) is 37.4 Å². The quantitative estimate of drug-likeness (QED) is 0.836. The van der Waals surface area contributed by atoms with Crippen LogP contribution in [0, 0.1) is 0 Å². The van der Waals surface area contributed by atoms with Crippen molar-refractivity contribution in [1.29, 1.82) is 0 Å².